The average Bonchev–Trinajstić information content (AvgIpc) is 3.04. The van der Waals surface area contributed by atoms with Crippen LogP contribution >= 0.6 is 44.0 Å². The van der Waals surface area contributed by atoms with E-state index < -0.39 is 52.3 Å². The van der Waals surface area contributed by atoms with Crippen LogP contribution in [-0.2, 0) is 324 Å². The van der Waals surface area contributed by atoms with Gasteiger partial charge in [0.2, 0.25) is 9.23 Å². The number of methoxy groups -OCH3 is 4. The fourth-order valence-electron chi connectivity index (χ4n) is 4.83. The summed E-state index contributed by atoms with van der Waals surface area (Å²) in [5, 5.41) is 9.79. The summed E-state index contributed by atoms with van der Waals surface area (Å²) >= 11 is 18.8. The molecule has 0 spiro atoms. The summed E-state index contributed by atoms with van der Waals surface area (Å²) in [5.74, 6) is -6.01. The predicted molar refractivity (Wildman–Crippen MR) is 431 cm³/mol. The number of thiophene rings is 2. The lowest BCUT2D eigenvalue weighted by molar-refractivity contribution is -0.139. The van der Waals surface area contributed by atoms with E-state index in [1.165, 1.54) is 58.3 Å². The highest BCUT2D eigenvalue weighted by molar-refractivity contribution is 8.80. The Morgan fingerprint density at radius 2 is 0.774 bits per heavy atom. The maximum atomic E-state index is 14.6. The lowest BCUT2D eigenvalue weighted by Gasteiger charge is -2.13. The molecule has 0 fully saturated rings. The number of aliphatic carboxylic acids is 1. The summed E-state index contributed by atoms with van der Waals surface area (Å²) < 4.78 is 93.3. The third kappa shape index (κ3) is 40.5. The van der Waals surface area contributed by atoms with Crippen LogP contribution in [0, 0.1) is 0 Å². The number of para-hydroxylation sites is 1. The molecule has 0 saturated heterocycles. The molecule has 0 amide bonds. The zero-order valence-corrected chi connectivity index (χ0v) is 71.0. The Bertz CT molecular complexity index is 4200. The summed E-state index contributed by atoms with van der Waals surface area (Å²) in [5.41, 5.74) is 0. The van der Waals surface area contributed by atoms with Crippen LogP contribution in [0.3, 0.4) is 0 Å². The lowest BCUT2D eigenvalue weighted by Crippen LogP contribution is -2.16. The minimum Gasteiger partial charge on any atom is -0.493 e. The molecule has 474 valence electrons. The van der Waals surface area contributed by atoms with Gasteiger partial charge in [-0.3, -0.25) is 9.59 Å². The van der Waals surface area contributed by atoms with Gasteiger partial charge >= 0.3 is 11.9 Å². The molecular weight excluding hydrogens is 1820 g/mol. The number of hydrogen-bond donors (Lipinski definition) is 1. The maximum absolute atomic E-state index is 14.6. The van der Waals surface area contributed by atoms with Gasteiger partial charge < -0.3 is 28.8 Å². The number of ether oxygens (including phenoxy) is 5. The monoisotopic (exact) mass is 1850 g/mol. The molecular formula is C34H32Cl2F4O9S35. The van der Waals surface area contributed by atoms with Gasteiger partial charge in [-0.1, -0.05) is 18.2 Å². The summed E-state index contributed by atoms with van der Waals surface area (Å²) in [6.45, 7) is 0. The van der Waals surface area contributed by atoms with Gasteiger partial charge in [-0.25, -0.2) is 21.8 Å². The number of esters is 1. The van der Waals surface area contributed by atoms with Crippen LogP contribution in [0.25, 0.3) is 20.2 Å². The van der Waals surface area contributed by atoms with Crippen molar-refractivity contribution in [3.05, 3.63) is 76.5 Å². The van der Waals surface area contributed by atoms with Gasteiger partial charge in [-0.05, 0) is 47.2 Å². The van der Waals surface area contributed by atoms with Crippen molar-refractivity contribution in [1.82, 2.24) is 0 Å². The number of halogens is 6. The minimum atomic E-state index is -3.16. The van der Waals surface area contributed by atoms with E-state index in [0.29, 0.717) is 48.9 Å². The van der Waals surface area contributed by atoms with Crippen molar-refractivity contribution in [2.75, 3.05) is 28.4 Å². The second-order valence-electron chi connectivity index (χ2n) is 12.4. The van der Waals surface area contributed by atoms with E-state index in [1.807, 2.05) is 107 Å². The Balaban J connectivity index is 0.000000607. The Morgan fingerprint density at radius 1 is 0.500 bits per heavy atom. The second-order valence-corrected chi connectivity index (χ2v) is 66.6. The van der Waals surface area contributed by atoms with Crippen LogP contribution in [0.4, 0.5) is 17.6 Å². The zero-order valence-electron chi connectivity index (χ0n) is 40.9. The van der Waals surface area contributed by atoms with Gasteiger partial charge in [0.1, 0.15) is 5.75 Å². The number of hydrogen-bond acceptors (Lipinski definition) is 14. The maximum Gasteiger partial charge on any atom is 0.311 e. The number of carboxylic acid groups (broad SMARTS) is 1. The van der Waals surface area contributed by atoms with E-state index in [0.717, 1.165) is 22.7 Å². The molecule has 0 aliphatic heterocycles. The smallest absolute Gasteiger partial charge is 0.311 e. The Kier molecular flexibility index (Phi) is 55.3. The number of alkyl halides is 4. The number of carbonyl (C=O) groups is 2. The van der Waals surface area contributed by atoms with Crippen molar-refractivity contribution >= 4 is 379 Å². The van der Waals surface area contributed by atoms with Crippen molar-refractivity contribution in [2.45, 2.75) is 37.5 Å². The fourth-order valence-corrected chi connectivity index (χ4v) is 78.3. The van der Waals surface area contributed by atoms with Crippen molar-refractivity contribution in [3.8, 4) is 28.7 Å². The highest BCUT2D eigenvalue weighted by Crippen LogP contribution is 2.44. The molecule has 0 bridgehead atoms. The average molecular weight is 1850 g/mol. The van der Waals surface area contributed by atoms with Crippen molar-refractivity contribution in [2.24, 2.45) is 0 Å². The standard InChI is InChI=1S/C20H18F2O4S.C14H14F2O4S.Cl2OS.S30.S2/c1-24-15-10-13-11-18(27-17(13)12-16(15)25-2)20(21,22)9-8-19(23)26-14-6-4-3-5-7-14;1-19-9-5-8-6-12(14(15,16)4-3-13(17)18)21-11(8)7-10(9)20-2;1-4(2)3;1-3-5-7-9-11-13-15-17-19-21-23-25-27-29-30-28-26-24-22-20-18-16-14-12-10-8-6-4-2;1-2/h3-7,10-12H,8-9H2,1-2H3;5-7H,3-4H2,1-2H3,(H,17,18);;;. The van der Waals surface area contributed by atoms with E-state index in [-0.39, 0.29) is 16.2 Å². The first-order valence-electron chi connectivity index (χ1n) is 19.8. The molecule has 3 aromatic carbocycles. The molecule has 5 rings (SSSR count). The molecule has 9 nitrogen and oxygen atoms in total. The van der Waals surface area contributed by atoms with Crippen molar-refractivity contribution in [3.63, 3.8) is 0 Å². The first-order chi connectivity index (χ1) is 40.4. The molecule has 0 aliphatic carbocycles. The third-order valence-electron chi connectivity index (χ3n) is 7.79. The molecule has 0 aliphatic rings. The molecule has 2 heterocycles. The summed E-state index contributed by atoms with van der Waals surface area (Å²) in [7, 11) is 62.4. The normalized spacial score (nSPS) is 9.75. The van der Waals surface area contributed by atoms with E-state index >= 15 is 0 Å². The van der Waals surface area contributed by atoms with Crippen LogP contribution in [0.15, 0.2) is 66.7 Å². The summed E-state index contributed by atoms with van der Waals surface area (Å²) in [6.07, 6.45) is -2.31. The number of benzene rings is 3. The van der Waals surface area contributed by atoms with Crippen LogP contribution < -0.4 is 23.7 Å². The molecule has 0 unspecified atom stereocenters. The molecule has 0 radical (unpaired) electrons. The van der Waals surface area contributed by atoms with Gasteiger partial charge in [0.05, 0.1) is 51.0 Å². The van der Waals surface area contributed by atoms with E-state index in [2.05, 4.69) is 43.7 Å². The van der Waals surface area contributed by atoms with Gasteiger partial charge in [-0.15, -0.1) is 22.7 Å². The van der Waals surface area contributed by atoms with Crippen LogP contribution in [0.1, 0.15) is 35.4 Å². The minimum absolute atomic E-state index is 0.111. The Hall–Kier alpha value is 3.21. The quantitative estimate of drug-likeness (QED) is 0.0522. The van der Waals surface area contributed by atoms with Crippen molar-refractivity contribution < 1.29 is 60.2 Å². The molecule has 2 aromatic heterocycles. The lowest BCUT2D eigenvalue weighted by atomic mass is 10.1. The highest BCUT2D eigenvalue weighted by atomic mass is 36.0. The molecule has 5 aromatic rings. The zero-order chi connectivity index (χ0) is 62.4. The SMILES string of the molecule is COc1cc2cc(C(F)(F)CCC(=O)O)sc2cc1OC.COc1cc2cc(C(F)(F)CCC(=O)Oc3ccccc3)sc2cc1OC.O=S(Cl)Cl.S=S.S=S=S=S=S=S=S=S=S=S=S=S=S=S=S=S=S=S=S=S=S=S=S=S=S=S=S=S=S=S. The molecule has 1 N–H and O–H groups in total. The third-order valence-corrected chi connectivity index (χ3v) is 70.2. The predicted octanol–water partition coefficient (Wildman–Crippen LogP) is 10.2. The van der Waals surface area contributed by atoms with E-state index in [9.17, 15) is 27.2 Å². The van der Waals surface area contributed by atoms with E-state index in [1.54, 1.807) is 179 Å². The molecule has 50 heteroatoms. The number of fused-ring (bicyclic) bond motifs is 2. The first kappa shape index (κ1) is 85.2. The summed E-state index contributed by atoms with van der Waals surface area (Å²) in [6, 6.07) is 17.8. The fraction of sp³-hybridized carbons (Fsp3) is 0.294. The number of carboxylic acids is 1. The van der Waals surface area contributed by atoms with Crippen LogP contribution in [0.5, 0.6) is 28.7 Å². The van der Waals surface area contributed by atoms with E-state index in [4.69, 9.17) is 55.4 Å². The second kappa shape index (κ2) is 54.5. The topological polar surface area (TPSA) is 118 Å². The Labute approximate surface area is 599 Å². The largest absolute Gasteiger partial charge is 0.493 e. The number of rotatable bonds is 13. The van der Waals surface area contributed by atoms with Gasteiger partial charge in [0.25, 0.3) is 11.8 Å². The van der Waals surface area contributed by atoms with Crippen LogP contribution in [-0.4, -0.2) is 49.7 Å². The molecule has 0 atom stereocenters. The molecule has 0 saturated carbocycles. The van der Waals surface area contributed by atoms with Gasteiger partial charge in [0, 0.05) is 349 Å². The van der Waals surface area contributed by atoms with Crippen LogP contribution in [0.2, 0.25) is 0 Å². The van der Waals surface area contributed by atoms with Gasteiger partial charge in [0.15, 0.2) is 23.0 Å². The Morgan fingerprint density at radius 3 is 1.05 bits per heavy atom. The summed E-state index contributed by atoms with van der Waals surface area (Å²) in [4.78, 5) is 22.0. The first-order valence-corrected chi connectivity index (χ1v) is 64.3. The van der Waals surface area contributed by atoms with Gasteiger partial charge in [-0.2, -0.15) is 0 Å². The highest BCUT2D eigenvalue weighted by Gasteiger charge is 2.35. The number of carbonyl (C=O) groups excluding carboxylic acids is 1. The van der Waals surface area contributed by atoms with Crippen molar-refractivity contribution in [1.29, 1.82) is 0 Å². The molecule has 84 heavy (non-hydrogen) atoms.